The number of halogens is 1. The largest absolute Gasteiger partial charge is 0.379 e. The quantitative estimate of drug-likeness (QED) is 0.379. The fraction of sp³-hybridized carbons (Fsp3) is 1.00. The molecule has 0 atom stereocenters. The molecule has 0 saturated carbocycles. The van der Waals surface area contributed by atoms with Crippen LogP contribution in [-0.2, 0) is 24.0 Å². The molecule has 0 bridgehead atoms. The zero-order chi connectivity index (χ0) is 16.2. The van der Waals surface area contributed by atoms with Crippen LogP contribution in [0.15, 0.2) is 0 Å². The van der Waals surface area contributed by atoms with Crippen molar-refractivity contribution in [2.45, 2.75) is 32.7 Å². The van der Waals surface area contributed by atoms with Crippen LogP contribution < -0.4 is 4.84 Å². The summed E-state index contributed by atoms with van der Waals surface area (Å²) < 4.78 is 39.2. The second-order valence-electron chi connectivity index (χ2n) is 5.30. The normalized spacial score (nSPS) is 12.8. The van der Waals surface area contributed by atoms with Crippen LogP contribution in [-0.4, -0.2) is 65.1 Å². The third kappa shape index (κ3) is 13.5. The van der Waals surface area contributed by atoms with E-state index >= 15 is 0 Å². The average molecular weight is 346 g/mol. The molecule has 0 unspecified atom stereocenters. The van der Waals surface area contributed by atoms with E-state index in [2.05, 4.69) is 4.84 Å². The first-order valence-corrected chi connectivity index (χ1v) is 9.34. The van der Waals surface area contributed by atoms with Crippen LogP contribution in [0.2, 0.25) is 0 Å². The van der Waals surface area contributed by atoms with Crippen molar-refractivity contribution < 1.29 is 22.6 Å². The lowest BCUT2D eigenvalue weighted by Crippen LogP contribution is -2.35. The average Bonchev–Trinajstić information content (AvgIpc) is 2.44. The summed E-state index contributed by atoms with van der Waals surface area (Å²) in [5.41, 5.74) is -0.399. The topological polar surface area (TPSA) is 73.9 Å². The van der Waals surface area contributed by atoms with E-state index in [9.17, 15) is 8.42 Å². The molecule has 6 nitrogen and oxygen atoms in total. The lowest BCUT2D eigenvalue weighted by atomic mass is 10.0. The second kappa shape index (κ2) is 11.6. The zero-order valence-corrected chi connectivity index (χ0v) is 14.8. The Labute approximate surface area is 133 Å². The van der Waals surface area contributed by atoms with Gasteiger partial charge in [0.1, 0.15) is 0 Å². The number of rotatable bonds is 14. The summed E-state index contributed by atoms with van der Waals surface area (Å²) in [4.78, 5) is 2.57. The van der Waals surface area contributed by atoms with Crippen molar-refractivity contribution in [2.75, 3.05) is 51.1 Å². The standard InChI is InChI=1S/C13H28ClNO5S/c1-4-18-6-7-19-8-9-20-10-12-21(16,17)11-5-13(2,3)15-14/h15H,4-12H2,1-3H3. The van der Waals surface area contributed by atoms with Gasteiger partial charge < -0.3 is 14.2 Å². The maximum atomic E-state index is 11.8. The molecule has 0 aromatic rings. The molecule has 0 rings (SSSR count). The third-order valence-electron chi connectivity index (χ3n) is 2.78. The van der Waals surface area contributed by atoms with Crippen LogP contribution in [0.4, 0.5) is 0 Å². The minimum Gasteiger partial charge on any atom is -0.379 e. The van der Waals surface area contributed by atoms with E-state index in [1.807, 2.05) is 20.8 Å². The number of ether oxygens (including phenoxy) is 3. The summed E-state index contributed by atoms with van der Waals surface area (Å²) >= 11 is 5.54. The van der Waals surface area contributed by atoms with Crippen LogP contribution >= 0.6 is 11.8 Å². The number of sulfone groups is 1. The highest BCUT2D eigenvalue weighted by atomic mass is 35.5. The van der Waals surface area contributed by atoms with Crippen molar-refractivity contribution in [2.24, 2.45) is 0 Å². The Morgan fingerprint density at radius 3 is 2.00 bits per heavy atom. The molecule has 0 saturated heterocycles. The Morgan fingerprint density at radius 1 is 0.952 bits per heavy atom. The first-order valence-electron chi connectivity index (χ1n) is 7.14. The molecular formula is C13H28ClNO5S. The van der Waals surface area contributed by atoms with Gasteiger partial charge in [-0.1, -0.05) is 0 Å². The SMILES string of the molecule is CCOCCOCCOCCS(=O)(=O)CCC(C)(C)NCl. The maximum absolute atomic E-state index is 11.8. The van der Waals surface area contributed by atoms with Gasteiger partial charge in [0.15, 0.2) is 9.84 Å². The molecule has 0 aromatic heterocycles. The summed E-state index contributed by atoms with van der Waals surface area (Å²) in [5, 5.41) is 0. The van der Waals surface area contributed by atoms with Gasteiger partial charge in [-0.15, -0.1) is 0 Å². The summed E-state index contributed by atoms with van der Waals surface area (Å²) in [5.74, 6) is 0.109. The summed E-state index contributed by atoms with van der Waals surface area (Å²) in [7, 11) is -3.11. The van der Waals surface area contributed by atoms with E-state index in [1.165, 1.54) is 0 Å². The van der Waals surface area contributed by atoms with Gasteiger partial charge in [0.05, 0.1) is 44.5 Å². The van der Waals surface area contributed by atoms with Crippen molar-refractivity contribution in [3.63, 3.8) is 0 Å². The number of nitrogens with one attached hydrogen (secondary N) is 1. The van der Waals surface area contributed by atoms with Crippen molar-refractivity contribution >= 4 is 21.6 Å². The van der Waals surface area contributed by atoms with Gasteiger partial charge in [0.25, 0.3) is 0 Å². The van der Waals surface area contributed by atoms with Crippen LogP contribution in [0.3, 0.4) is 0 Å². The van der Waals surface area contributed by atoms with Gasteiger partial charge >= 0.3 is 0 Å². The van der Waals surface area contributed by atoms with Gasteiger partial charge in [-0.25, -0.2) is 13.3 Å². The highest BCUT2D eigenvalue weighted by molar-refractivity contribution is 7.91. The minimum atomic E-state index is -3.11. The molecule has 0 aliphatic carbocycles. The first kappa shape index (κ1) is 21.1. The van der Waals surface area contributed by atoms with Crippen molar-refractivity contribution in [1.29, 1.82) is 0 Å². The molecule has 0 spiro atoms. The smallest absolute Gasteiger partial charge is 0.152 e. The Morgan fingerprint density at radius 2 is 1.48 bits per heavy atom. The van der Waals surface area contributed by atoms with E-state index in [1.54, 1.807) is 0 Å². The molecule has 0 aliphatic rings. The lowest BCUT2D eigenvalue weighted by molar-refractivity contribution is 0.0198. The maximum Gasteiger partial charge on any atom is 0.152 e. The number of hydrogen-bond acceptors (Lipinski definition) is 6. The molecule has 128 valence electrons. The second-order valence-corrected chi connectivity index (χ2v) is 7.79. The van der Waals surface area contributed by atoms with E-state index in [0.29, 0.717) is 39.5 Å². The molecule has 8 heteroatoms. The predicted molar refractivity (Wildman–Crippen MR) is 84.5 cm³/mol. The molecule has 0 aromatic carbocycles. The van der Waals surface area contributed by atoms with Crippen molar-refractivity contribution in [3.8, 4) is 0 Å². The van der Waals surface area contributed by atoms with Crippen LogP contribution in [0.5, 0.6) is 0 Å². The van der Waals surface area contributed by atoms with Crippen LogP contribution in [0.25, 0.3) is 0 Å². The van der Waals surface area contributed by atoms with E-state index in [-0.39, 0.29) is 18.1 Å². The molecule has 21 heavy (non-hydrogen) atoms. The Bertz CT molecular complexity index is 348. The molecule has 0 amide bonds. The number of hydrogen-bond donors (Lipinski definition) is 1. The Kier molecular flexibility index (Phi) is 11.7. The third-order valence-corrected chi connectivity index (χ3v) is 4.91. The van der Waals surface area contributed by atoms with E-state index in [0.717, 1.165) is 0 Å². The van der Waals surface area contributed by atoms with Crippen LogP contribution in [0, 0.1) is 0 Å². The zero-order valence-electron chi connectivity index (χ0n) is 13.2. The van der Waals surface area contributed by atoms with Gasteiger partial charge in [-0.2, -0.15) is 0 Å². The van der Waals surface area contributed by atoms with E-state index < -0.39 is 15.4 Å². The van der Waals surface area contributed by atoms with Gasteiger partial charge in [-0.05, 0) is 39.0 Å². The molecule has 0 aliphatic heterocycles. The van der Waals surface area contributed by atoms with Crippen molar-refractivity contribution in [3.05, 3.63) is 0 Å². The Balaban J connectivity index is 3.58. The molecule has 0 heterocycles. The lowest BCUT2D eigenvalue weighted by Gasteiger charge is -2.21. The highest BCUT2D eigenvalue weighted by Gasteiger charge is 2.20. The van der Waals surface area contributed by atoms with Crippen LogP contribution in [0.1, 0.15) is 27.2 Å². The fourth-order valence-electron chi connectivity index (χ4n) is 1.33. The van der Waals surface area contributed by atoms with Gasteiger partial charge in [0.2, 0.25) is 0 Å². The predicted octanol–water partition coefficient (Wildman–Crippen LogP) is 1.38. The Hall–Kier alpha value is 0.0800. The fourth-order valence-corrected chi connectivity index (χ4v) is 2.82. The van der Waals surface area contributed by atoms with Gasteiger partial charge in [0, 0.05) is 12.1 Å². The summed E-state index contributed by atoms with van der Waals surface area (Å²) in [6.45, 7) is 8.41. The van der Waals surface area contributed by atoms with Gasteiger partial charge in [-0.3, -0.25) is 0 Å². The first-order chi connectivity index (χ1) is 9.83. The molecule has 0 fully saturated rings. The molecule has 1 N–H and O–H groups in total. The minimum absolute atomic E-state index is 0.0182. The van der Waals surface area contributed by atoms with E-state index in [4.69, 9.17) is 26.0 Å². The highest BCUT2D eigenvalue weighted by Crippen LogP contribution is 2.11. The molecule has 0 radical (unpaired) electrons. The molecular weight excluding hydrogens is 318 g/mol. The summed E-state index contributed by atoms with van der Waals surface area (Å²) in [6.07, 6.45) is 0.458. The monoisotopic (exact) mass is 345 g/mol. The summed E-state index contributed by atoms with van der Waals surface area (Å²) in [6, 6.07) is 0. The van der Waals surface area contributed by atoms with Crippen molar-refractivity contribution in [1.82, 2.24) is 4.84 Å².